The number of aliphatic hydroxyl groups is 2. The van der Waals surface area contributed by atoms with Gasteiger partial charge in [0.1, 0.15) is 0 Å². The number of guanidine groups is 1. The van der Waals surface area contributed by atoms with Crippen LogP contribution in [0.15, 0.2) is 4.99 Å². The summed E-state index contributed by atoms with van der Waals surface area (Å²) in [6, 6.07) is 0. The van der Waals surface area contributed by atoms with Crippen LogP contribution in [0, 0.1) is 34.5 Å². The molecule has 7 nitrogen and oxygen atoms in total. The quantitative estimate of drug-likeness (QED) is 0.154. The number of nitrogens with two attached hydrogens (primary N) is 2. The SMILES string of the molecule is C[C@]12CC[C@H](O)C[C@H]1CC[C@@H]1[C@@H]2CC[C@]2(C)[C@@H](CCCNOCCCN=C(N)N)CC[C@]12O. The van der Waals surface area contributed by atoms with Gasteiger partial charge in [0.05, 0.1) is 18.3 Å². The number of hydrogen-bond donors (Lipinski definition) is 5. The number of aliphatic hydroxyl groups excluding tert-OH is 1. The van der Waals surface area contributed by atoms with Gasteiger partial charge in [-0.15, -0.1) is 0 Å². The lowest BCUT2D eigenvalue weighted by Gasteiger charge is -2.63. The Morgan fingerprint density at radius 2 is 1.85 bits per heavy atom. The van der Waals surface area contributed by atoms with E-state index in [1.807, 2.05) is 0 Å². The fourth-order valence-electron chi connectivity index (χ4n) is 8.69. The molecule has 0 saturated heterocycles. The van der Waals surface area contributed by atoms with E-state index >= 15 is 0 Å². The fraction of sp³-hybridized carbons (Fsp3) is 0.962. The first-order valence-electron chi connectivity index (χ1n) is 13.5. The Hall–Kier alpha value is -0.890. The third kappa shape index (κ3) is 4.67. The molecular formula is C26H48N4O3. The van der Waals surface area contributed by atoms with Gasteiger partial charge in [0, 0.05) is 13.1 Å². The molecule has 0 aromatic carbocycles. The van der Waals surface area contributed by atoms with Crippen molar-refractivity contribution in [2.45, 2.75) is 103 Å². The van der Waals surface area contributed by atoms with Crippen molar-refractivity contribution in [3.05, 3.63) is 0 Å². The standard InChI is InChI=1S/C26H48N4O3/c1-24-11-9-20(31)17-19(24)6-7-22-21(24)10-12-25(2)18(8-13-26(22,25)32)5-3-15-30-33-16-4-14-29-23(27)28/h18-22,30-32H,3-17H2,1-2H3,(H4,27,28,29)/t18-,19+,20-,21-,22+,24-,25+,26-/m0/s1. The van der Waals surface area contributed by atoms with Crippen molar-refractivity contribution >= 4 is 5.96 Å². The molecule has 0 spiro atoms. The molecule has 8 atom stereocenters. The van der Waals surface area contributed by atoms with Gasteiger partial charge in [0.25, 0.3) is 0 Å². The van der Waals surface area contributed by atoms with Crippen LogP contribution in [-0.2, 0) is 4.84 Å². The molecule has 0 aromatic heterocycles. The number of fused-ring (bicyclic) bond motifs is 5. The number of nitrogens with zero attached hydrogens (tertiary/aromatic N) is 1. The molecule has 7 N–H and O–H groups in total. The number of hydroxylamine groups is 1. The van der Waals surface area contributed by atoms with Crippen molar-refractivity contribution in [2.24, 2.45) is 51.0 Å². The van der Waals surface area contributed by atoms with Gasteiger partial charge >= 0.3 is 0 Å². The summed E-state index contributed by atoms with van der Waals surface area (Å²) in [6.45, 7) is 6.90. The Labute approximate surface area is 200 Å². The molecule has 190 valence electrons. The maximum absolute atomic E-state index is 12.2. The van der Waals surface area contributed by atoms with Crippen molar-refractivity contribution < 1.29 is 15.1 Å². The highest BCUT2D eigenvalue weighted by Crippen LogP contribution is 2.69. The van der Waals surface area contributed by atoms with Crippen molar-refractivity contribution in [1.29, 1.82) is 0 Å². The molecule has 7 heteroatoms. The maximum Gasteiger partial charge on any atom is 0.185 e. The fourth-order valence-corrected chi connectivity index (χ4v) is 8.69. The molecule has 4 aliphatic rings. The van der Waals surface area contributed by atoms with Gasteiger partial charge in [-0.1, -0.05) is 13.8 Å². The van der Waals surface area contributed by atoms with Crippen LogP contribution in [0.4, 0.5) is 0 Å². The van der Waals surface area contributed by atoms with Gasteiger partial charge in [-0.3, -0.25) is 4.99 Å². The highest BCUT2D eigenvalue weighted by atomic mass is 16.6. The van der Waals surface area contributed by atoms with Crippen LogP contribution < -0.4 is 16.9 Å². The summed E-state index contributed by atoms with van der Waals surface area (Å²) >= 11 is 0. The molecule has 0 heterocycles. The third-order valence-corrected chi connectivity index (χ3v) is 10.6. The second-order valence-electron chi connectivity index (χ2n) is 12.1. The number of nitrogens with one attached hydrogen (secondary N) is 1. The smallest absolute Gasteiger partial charge is 0.185 e. The summed E-state index contributed by atoms with van der Waals surface area (Å²) in [5.74, 6) is 2.41. The molecule has 0 bridgehead atoms. The summed E-state index contributed by atoms with van der Waals surface area (Å²) in [4.78, 5) is 9.45. The predicted octanol–water partition coefficient (Wildman–Crippen LogP) is 3.09. The van der Waals surface area contributed by atoms with Crippen molar-refractivity contribution in [3.8, 4) is 0 Å². The molecule has 4 fully saturated rings. The predicted molar refractivity (Wildman–Crippen MR) is 131 cm³/mol. The lowest BCUT2D eigenvalue weighted by Crippen LogP contribution is -2.62. The molecule has 4 aliphatic carbocycles. The van der Waals surface area contributed by atoms with Gasteiger partial charge in [0.15, 0.2) is 5.96 Å². The average molecular weight is 465 g/mol. The Morgan fingerprint density at radius 1 is 1.03 bits per heavy atom. The minimum Gasteiger partial charge on any atom is -0.393 e. The zero-order valence-electron chi connectivity index (χ0n) is 20.9. The van der Waals surface area contributed by atoms with Gasteiger partial charge < -0.3 is 26.5 Å². The van der Waals surface area contributed by atoms with Crippen LogP contribution in [0.25, 0.3) is 0 Å². The van der Waals surface area contributed by atoms with Gasteiger partial charge in [-0.2, -0.15) is 0 Å². The molecule has 0 unspecified atom stereocenters. The van der Waals surface area contributed by atoms with Crippen LogP contribution in [0.1, 0.15) is 90.9 Å². The Bertz CT molecular complexity index is 701. The Morgan fingerprint density at radius 3 is 2.64 bits per heavy atom. The average Bonchev–Trinajstić information content (AvgIpc) is 3.04. The van der Waals surface area contributed by atoms with E-state index < -0.39 is 5.60 Å². The number of aliphatic imine (C=N–C) groups is 1. The first-order chi connectivity index (χ1) is 15.7. The van der Waals surface area contributed by atoms with E-state index in [9.17, 15) is 10.2 Å². The molecule has 4 rings (SSSR count). The lowest BCUT2D eigenvalue weighted by atomic mass is 9.43. The Balaban J connectivity index is 1.28. The molecule has 33 heavy (non-hydrogen) atoms. The van der Waals surface area contributed by atoms with E-state index in [0.717, 1.165) is 70.8 Å². The topological polar surface area (TPSA) is 126 Å². The van der Waals surface area contributed by atoms with Crippen molar-refractivity contribution in [3.63, 3.8) is 0 Å². The summed E-state index contributed by atoms with van der Waals surface area (Å²) in [5.41, 5.74) is 13.5. The summed E-state index contributed by atoms with van der Waals surface area (Å²) in [6.07, 6.45) is 12.8. The van der Waals surface area contributed by atoms with E-state index in [0.29, 0.717) is 42.2 Å². The van der Waals surface area contributed by atoms with Crippen LogP contribution in [0.5, 0.6) is 0 Å². The first-order valence-corrected chi connectivity index (χ1v) is 13.5. The van der Waals surface area contributed by atoms with Gasteiger partial charge in [-0.05, 0) is 112 Å². The lowest BCUT2D eigenvalue weighted by molar-refractivity contribution is -0.210. The van der Waals surface area contributed by atoms with Gasteiger partial charge in [-0.25, -0.2) is 5.48 Å². The highest BCUT2D eigenvalue weighted by molar-refractivity contribution is 5.75. The van der Waals surface area contributed by atoms with Crippen LogP contribution in [-0.4, -0.2) is 47.6 Å². The Kier molecular flexibility index (Phi) is 7.64. The number of hydrogen-bond acceptors (Lipinski definition) is 5. The van der Waals surface area contributed by atoms with Gasteiger partial charge in [0.2, 0.25) is 0 Å². The number of rotatable bonds is 9. The van der Waals surface area contributed by atoms with Crippen LogP contribution in [0.2, 0.25) is 0 Å². The van der Waals surface area contributed by atoms with E-state index in [1.165, 1.54) is 12.8 Å². The largest absolute Gasteiger partial charge is 0.393 e. The zero-order valence-corrected chi connectivity index (χ0v) is 20.9. The molecule has 0 aliphatic heterocycles. The molecular weight excluding hydrogens is 416 g/mol. The summed E-state index contributed by atoms with van der Waals surface area (Å²) in [5, 5.41) is 22.5. The minimum atomic E-state index is -0.514. The first kappa shape index (κ1) is 25.2. The zero-order chi connectivity index (χ0) is 23.7. The summed E-state index contributed by atoms with van der Waals surface area (Å²) in [7, 11) is 0. The normalized spacial score (nSPS) is 44.5. The maximum atomic E-state index is 12.2. The monoisotopic (exact) mass is 464 g/mol. The third-order valence-electron chi connectivity index (χ3n) is 10.6. The van der Waals surface area contributed by atoms with E-state index in [-0.39, 0.29) is 17.5 Å². The second-order valence-corrected chi connectivity index (χ2v) is 12.1. The van der Waals surface area contributed by atoms with Crippen LogP contribution in [0.3, 0.4) is 0 Å². The molecule has 0 radical (unpaired) electrons. The molecule has 0 aromatic rings. The van der Waals surface area contributed by atoms with E-state index in [2.05, 4.69) is 24.3 Å². The minimum absolute atomic E-state index is 0.0343. The molecule has 0 amide bonds. The molecule has 4 saturated carbocycles. The van der Waals surface area contributed by atoms with E-state index in [4.69, 9.17) is 16.3 Å². The second kappa shape index (κ2) is 10.00. The van der Waals surface area contributed by atoms with Crippen LogP contribution >= 0.6 is 0 Å². The summed E-state index contributed by atoms with van der Waals surface area (Å²) < 4.78 is 0. The highest BCUT2D eigenvalue weighted by Gasteiger charge is 2.66. The van der Waals surface area contributed by atoms with Crippen molar-refractivity contribution in [1.82, 2.24) is 5.48 Å². The van der Waals surface area contributed by atoms with Crippen molar-refractivity contribution in [2.75, 3.05) is 19.7 Å². The van der Waals surface area contributed by atoms with E-state index in [1.54, 1.807) is 0 Å².